The lowest BCUT2D eigenvalue weighted by Crippen LogP contribution is -2.34. The van der Waals surface area contributed by atoms with Gasteiger partial charge in [0.2, 0.25) is 5.91 Å². The Morgan fingerprint density at radius 3 is 2.40 bits per heavy atom. The summed E-state index contributed by atoms with van der Waals surface area (Å²) in [6, 6.07) is 20.3. The molecule has 0 aliphatic carbocycles. The average molecular weight is 757 g/mol. The lowest BCUT2D eigenvalue weighted by atomic mass is 10.1. The van der Waals surface area contributed by atoms with Crippen LogP contribution in [0.15, 0.2) is 70.2 Å². The molecule has 35 heavy (non-hydrogen) atoms. The second-order valence-electron chi connectivity index (χ2n) is 7.34. The van der Waals surface area contributed by atoms with E-state index in [-0.39, 0.29) is 0 Å². The molecule has 3 rings (SSSR count). The van der Waals surface area contributed by atoms with Gasteiger partial charge in [0, 0.05) is 4.47 Å². The van der Waals surface area contributed by atoms with Gasteiger partial charge in [0.15, 0.2) is 0 Å². The predicted molar refractivity (Wildman–Crippen MR) is 155 cm³/mol. The Hall–Kier alpha value is -2.50. The van der Waals surface area contributed by atoms with Crippen LogP contribution in [0.4, 0.5) is 5.69 Å². The van der Waals surface area contributed by atoms with E-state index in [0.717, 1.165) is 28.5 Å². The molecular weight excluding hydrogens is 738 g/mol. The maximum absolute atomic E-state index is 12.4. The number of rotatable bonds is 8. The molecule has 0 aliphatic heterocycles. The summed E-state index contributed by atoms with van der Waals surface area (Å²) in [5.41, 5.74) is 5.35. The Labute approximate surface area is 238 Å². The van der Waals surface area contributed by atoms with E-state index >= 15 is 0 Å². The lowest BCUT2D eigenvalue weighted by molar-refractivity contribution is -0.131. The van der Waals surface area contributed by atoms with Gasteiger partial charge < -0.3 is 10.1 Å². The summed E-state index contributed by atoms with van der Waals surface area (Å²) in [5, 5.41) is 15.6. The molecule has 0 saturated heterocycles. The zero-order valence-electron chi connectivity index (χ0n) is 18.4. The molecule has 178 valence electrons. The van der Waals surface area contributed by atoms with E-state index in [0.29, 0.717) is 17.9 Å². The first-order chi connectivity index (χ1) is 16.8. The maximum atomic E-state index is 12.4. The number of benzene rings is 3. The number of nitriles is 1. The SMILES string of the molecule is CC(C(=O)NN=Cc1cc(I)c(OCc2ccc(C#N)cc2)c(I)c1)C(=O)Nc1ccccc1Br. The van der Waals surface area contributed by atoms with Gasteiger partial charge in [-0.3, -0.25) is 9.59 Å². The van der Waals surface area contributed by atoms with Crippen molar-refractivity contribution in [1.29, 1.82) is 5.26 Å². The molecule has 0 aromatic heterocycles. The number of halogens is 3. The third kappa shape index (κ3) is 7.74. The number of hydrogen-bond donors (Lipinski definition) is 2. The first-order valence-corrected chi connectivity index (χ1v) is 13.2. The van der Waals surface area contributed by atoms with Crippen molar-refractivity contribution in [2.24, 2.45) is 11.0 Å². The highest BCUT2D eigenvalue weighted by Gasteiger charge is 2.21. The van der Waals surface area contributed by atoms with Crippen LogP contribution in [0.2, 0.25) is 0 Å². The monoisotopic (exact) mass is 756 g/mol. The summed E-state index contributed by atoms with van der Waals surface area (Å²) >= 11 is 7.73. The molecule has 1 unspecified atom stereocenters. The summed E-state index contributed by atoms with van der Waals surface area (Å²) in [4.78, 5) is 24.7. The number of anilines is 1. The molecule has 0 saturated carbocycles. The number of nitrogens with one attached hydrogen (secondary N) is 2. The third-order valence-electron chi connectivity index (χ3n) is 4.79. The van der Waals surface area contributed by atoms with Crippen LogP contribution < -0.4 is 15.5 Å². The lowest BCUT2D eigenvalue weighted by Gasteiger charge is -2.12. The average Bonchev–Trinajstić information content (AvgIpc) is 2.84. The van der Waals surface area contributed by atoms with Gasteiger partial charge in [0.05, 0.1) is 30.7 Å². The highest BCUT2D eigenvalue weighted by Crippen LogP contribution is 2.29. The van der Waals surface area contributed by atoms with Crippen molar-refractivity contribution in [3.63, 3.8) is 0 Å². The fourth-order valence-electron chi connectivity index (χ4n) is 2.81. The summed E-state index contributed by atoms with van der Waals surface area (Å²) in [7, 11) is 0. The Bertz CT molecular complexity index is 1280. The van der Waals surface area contributed by atoms with E-state index in [1.165, 1.54) is 13.1 Å². The summed E-state index contributed by atoms with van der Waals surface area (Å²) < 4.78 is 8.48. The molecule has 10 heteroatoms. The first-order valence-electron chi connectivity index (χ1n) is 10.3. The van der Waals surface area contributed by atoms with Crippen LogP contribution >= 0.6 is 61.1 Å². The topological polar surface area (TPSA) is 104 Å². The maximum Gasteiger partial charge on any atom is 0.252 e. The van der Waals surface area contributed by atoms with Gasteiger partial charge in [-0.25, -0.2) is 5.43 Å². The van der Waals surface area contributed by atoms with Crippen LogP contribution in [0.5, 0.6) is 5.75 Å². The fourth-order valence-corrected chi connectivity index (χ4v) is 5.32. The molecule has 3 aromatic rings. The smallest absolute Gasteiger partial charge is 0.252 e. The Morgan fingerprint density at radius 1 is 1.11 bits per heavy atom. The first kappa shape index (κ1) is 27.1. The number of hydrogen-bond acceptors (Lipinski definition) is 5. The highest BCUT2D eigenvalue weighted by atomic mass is 127. The van der Waals surface area contributed by atoms with Gasteiger partial charge in [0.1, 0.15) is 18.3 Å². The van der Waals surface area contributed by atoms with Crippen molar-refractivity contribution >= 4 is 84.8 Å². The molecular formula is C25H19BrI2N4O3. The second kappa shape index (κ2) is 13.0. The van der Waals surface area contributed by atoms with Crippen molar-refractivity contribution in [3.05, 3.63) is 89.0 Å². The highest BCUT2D eigenvalue weighted by molar-refractivity contribution is 14.1. The van der Waals surface area contributed by atoms with E-state index in [2.05, 4.69) is 83.0 Å². The van der Waals surface area contributed by atoms with E-state index in [4.69, 9.17) is 10.00 Å². The van der Waals surface area contributed by atoms with Crippen molar-refractivity contribution < 1.29 is 14.3 Å². The molecule has 0 heterocycles. The number of carbonyl (C=O) groups excluding carboxylic acids is 2. The Balaban J connectivity index is 1.57. The van der Waals surface area contributed by atoms with Gasteiger partial charge in [-0.1, -0.05) is 24.3 Å². The zero-order chi connectivity index (χ0) is 25.4. The third-order valence-corrected chi connectivity index (χ3v) is 7.09. The Kier molecular flexibility index (Phi) is 10.1. The van der Waals surface area contributed by atoms with Crippen LogP contribution in [0.25, 0.3) is 0 Å². The predicted octanol–water partition coefficient (Wildman–Crippen LogP) is 5.83. The number of carbonyl (C=O) groups is 2. The minimum absolute atomic E-state index is 0.376. The molecule has 3 aromatic carbocycles. The van der Waals surface area contributed by atoms with E-state index in [9.17, 15) is 9.59 Å². The number of hydrazone groups is 1. The van der Waals surface area contributed by atoms with Crippen molar-refractivity contribution in [2.75, 3.05) is 5.32 Å². The van der Waals surface area contributed by atoms with Gasteiger partial charge in [-0.05, 0) is 116 Å². The van der Waals surface area contributed by atoms with E-state index < -0.39 is 17.7 Å². The normalized spacial score (nSPS) is 11.5. The van der Waals surface area contributed by atoms with Gasteiger partial charge in [0.25, 0.3) is 5.91 Å². The van der Waals surface area contributed by atoms with Crippen molar-refractivity contribution in [2.45, 2.75) is 13.5 Å². The minimum Gasteiger partial charge on any atom is -0.487 e. The quantitative estimate of drug-likeness (QED) is 0.131. The molecule has 2 amide bonds. The fraction of sp³-hybridized carbons (Fsp3) is 0.120. The molecule has 7 nitrogen and oxygen atoms in total. The molecule has 0 spiro atoms. The number of amides is 2. The summed E-state index contributed by atoms with van der Waals surface area (Å²) in [6.45, 7) is 1.89. The molecule has 0 aliphatic rings. The number of para-hydroxylation sites is 1. The van der Waals surface area contributed by atoms with Crippen molar-refractivity contribution in [3.8, 4) is 11.8 Å². The van der Waals surface area contributed by atoms with Crippen LogP contribution in [-0.2, 0) is 16.2 Å². The number of nitrogens with zero attached hydrogens (tertiary/aromatic N) is 2. The molecule has 0 radical (unpaired) electrons. The van der Waals surface area contributed by atoms with Crippen molar-refractivity contribution in [1.82, 2.24) is 5.43 Å². The van der Waals surface area contributed by atoms with Gasteiger partial charge in [-0.2, -0.15) is 10.4 Å². The summed E-state index contributed by atoms with van der Waals surface area (Å²) in [5.74, 6) is -1.14. The number of ether oxygens (including phenoxy) is 1. The molecule has 0 fully saturated rings. The van der Waals surface area contributed by atoms with Crippen LogP contribution in [0.3, 0.4) is 0 Å². The zero-order valence-corrected chi connectivity index (χ0v) is 24.3. The van der Waals surface area contributed by atoms with Crippen LogP contribution in [-0.4, -0.2) is 18.0 Å². The standard InChI is InChI=1S/C25H19BrI2N4O3/c1-15(24(33)31-22-5-3-2-4-19(22)26)25(34)32-30-13-18-10-20(27)23(21(28)11-18)35-14-17-8-6-16(12-29)7-9-17/h2-11,13,15H,14H2,1H3,(H,31,33)(H,32,34). The van der Waals surface area contributed by atoms with Gasteiger partial charge >= 0.3 is 0 Å². The minimum atomic E-state index is -0.933. The Morgan fingerprint density at radius 2 is 1.77 bits per heavy atom. The largest absolute Gasteiger partial charge is 0.487 e. The molecule has 2 N–H and O–H groups in total. The van der Waals surface area contributed by atoms with Crippen LogP contribution in [0.1, 0.15) is 23.6 Å². The summed E-state index contributed by atoms with van der Waals surface area (Å²) in [6.07, 6.45) is 1.52. The molecule has 0 bridgehead atoms. The second-order valence-corrected chi connectivity index (χ2v) is 10.5. The van der Waals surface area contributed by atoms with Gasteiger partial charge in [-0.15, -0.1) is 0 Å². The van der Waals surface area contributed by atoms with E-state index in [1.54, 1.807) is 30.3 Å². The molecule has 1 atom stereocenters. The van der Waals surface area contributed by atoms with Crippen LogP contribution in [0, 0.1) is 24.4 Å². The van der Waals surface area contributed by atoms with E-state index in [1.807, 2.05) is 30.3 Å².